The van der Waals surface area contributed by atoms with Crippen LogP contribution in [0.4, 0.5) is 0 Å². The van der Waals surface area contributed by atoms with E-state index >= 15 is 0 Å². The van der Waals surface area contributed by atoms with Crippen molar-refractivity contribution in [3.63, 3.8) is 0 Å². The minimum Gasteiger partial charge on any atom is -0.379 e. The topological polar surface area (TPSA) is 55.9 Å². The van der Waals surface area contributed by atoms with E-state index in [1.165, 1.54) is 0 Å². The van der Waals surface area contributed by atoms with Gasteiger partial charge in [-0.1, -0.05) is 6.92 Å². The smallest absolute Gasteiger partial charge is 0.155 e. The molecule has 0 aromatic carbocycles. The van der Waals surface area contributed by atoms with Gasteiger partial charge in [-0.15, -0.1) is 0 Å². The molecule has 1 N–H and O–H groups in total. The van der Waals surface area contributed by atoms with Crippen LogP contribution in [0.5, 0.6) is 0 Å². The zero-order chi connectivity index (χ0) is 11.5. The molecule has 5 heteroatoms. The highest BCUT2D eigenvalue weighted by Crippen LogP contribution is 2.18. The Labute approximate surface area is 94.4 Å². The molecule has 2 aromatic rings. The number of rotatable bonds is 4. The van der Waals surface area contributed by atoms with E-state index in [0.29, 0.717) is 11.5 Å². The van der Waals surface area contributed by atoms with E-state index in [2.05, 4.69) is 16.9 Å². The highest BCUT2D eigenvalue weighted by Gasteiger charge is 2.17. The van der Waals surface area contributed by atoms with Gasteiger partial charge in [-0.05, 0) is 6.42 Å². The average molecular weight is 220 g/mol. The van der Waals surface area contributed by atoms with Crippen molar-refractivity contribution in [2.24, 2.45) is 7.05 Å². The molecule has 0 aliphatic rings. The Bertz CT molecular complexity index is 460. The van der Waals surface area contributed by atoms with Gasteiger partial charge in [0, 0.05) is 32.2 Å². The van der Waals surface area contributed by atoms with Crippen molar-refractivity contribution in [2.45, 2.75) is 26.0 Å². The van der Waals surface area contributed by atoms with Crippen molar-refractivity contribution in [1.82, 2.24) is 19.1 Å². The summed E-state index contributed by atoms with van der Waals surface area (Å²) in [6.07, 6.45) is 7.32. The summed E-state index contributed by atoms with van der Waals surface area (Å²) < 4.78 is 3.77. The quantitative estimate of drug-likeness (QED) is 0.839. The fourth-order valence-corrected chi connectivity index (χ4v) is 1.70. The number of aromatic nitrogens is 4. The predicted octanol–water partition coefficient (Wildman–Crippen LogP) is 1.11. The third-order valence-corrected chi connectivity index (χ3v) is 2.46. The van der Waals surface area contributed by atoms with Gasteiger partial charge in [0.25, 0.3) is 0 Å². The van der Waals surface area contributed by atoms with Gasteiger partial charge in [0.1, 0.15) is 5.82 Å². The van der Waals surface area contributed by atoms with Crippen LogP contribution in [0, 0.1) is 0 Å². The molecule has 5 nitrogen and oxygen atoms in total. The molecule has 2 aromatic heterocycles. The van der Waals surface area contributed by atoms with Gasteiger partial charge >= 0.3 is 0 Å². The monoisotopic (exact) mass is 220 g/mol. The first-order chi connectivity index (χ1) is 7.72. The van der Waals surface area contributed by atoms with Crippen LogP contribution in [0.3, 0.4) is 0 Å². The van der Waals surface area contributed by atoms with E-state index in [9.17, 15) is 5.11 Å². The van der Waals surface area contributed by atoms with E-state index in [-0.39, 0.29) is 0 Å². The lowest BCUT2D eigenvalue weighted by Gasteiger charge is -2.10. The lowest BCUT2D eigenvalue weighted by Crippen LogP contribution is -2.10. The van der Waals surface area contributed by atoms with Gasteiger partial charge in [0.15, 0.2) is 6.10 Å². The molecule has 2 rings (SSSR count). The number of hydrogen-bond donors (Lipinski definition) is 1. The molecule has 2 heterocycles. The molecule has 0 fully saturated rings. The second kappa shape index (κ2) is 4.49. The molecule has 1 unspecified atom stereocenters. The summed E-state index contributed by atoms with van der Waals surface area (Å²) in [6, 6.07) is 0. The van der Waals surface area contributed by atoms with Gasteiger partial charge in [-0.3, -0.25) is 0 Å². The third-order valence-electron chi connectivity index (χ3n) is 2.46. The Morgan fingerprint density at radius 2 is 2.25 bits per heavy atom. The lowest BCUT2D eigenvalue weighted by atomic mass is 10.2. The number of hydrogen-bond acceptors (Lipinski definition) is 3. The maximum Gasteiger partial charge on any atom is 0.155 e. The molecule has 0 radical (unpaired) electrons. The minimum absolute atomic E-state index is 0.631. The zero-order valence-corrected chi connectivity index (χ0v) is 9.54. The van der Waals surface area contributed by atoms with E-state index in [1.807, 2.05) is 22.4 Å². The van der Waals surface area contributed by atoms with Crippen molar-refractivity contribution < 1.29 is 5.11 Å². The van der Waals surface area contributed by atoms with Crippen molar-refractivity contribution in [3.05, 3.63) is 36.4 Å². The normalized spacial score (nSPS) is 12.9. The summed E-state index contributed by atoms with van der Waals surface area (Å²) in [5.41, 5.74) is 0.631. The van der Waals surface area contributed by atoms with Crippen LogP contribution < -0.4 is 0 Å². The average Bonchev–Trinajstić information content (AvgIpc) is 2.87. The van der Waals surface area contributed by atoms with Crippen molar-refractivity contribution in [1.29, 1.82) is 0 Å². The molecule has 0 spiro atoms. The minimum atomic E-state index is -0.747. The zero-order valence-electron chi connectivity index (χ0n) is 9.54. The lowest BCUT2D eigenvalue weighted by molar-refractivity contribution is 0.200. The second-order valence-electron chi connectivity index (χ2n) is 3.85. The van der Waals surface area contributed by atoms with Crippen LogP contribution in [-0.4, -0.2) is 24.2 Å². The SMILES string of the molecule is CCCn1ccnc1C(O)c1cn(C)cn1. The van der Waals surface area contributed by atoms with Crippen LogP contribution in [0.25, 0.3) is 0 Å². The number of imidazole rings is 2. The summed E-state index contributed by atoms with van der Waals surface area (Å²) in [6.45, 7) is 2.95. The van der Waals surface area contributed by atoms with Gasteiger partial charge in [0.05, 0.1) is 12.0 Å². The largest absolute Gasteiger partial charge is 0.379 e. The third kappa shape index (κ3) is 1.99. The van der Waals surface area contributed by atoms with E-state index < -0.39 is 6.10 Å². The summed E-state index contributed by atoms with van der Waals surface area (Å²) in [5.74, 6) is 0.653. The standard InChI is InChI=1S/C11H16N4O/c1-3-5-15-6-4-12-11(15)10(16)9-7-14(2)8-13-9/h4,6-8,10,16H,3,5H2,1-2H3. The van der Waals surface area contributed by atoms with Gasteiger partial charge in [-0.2, -0.15) is 0 Å². The molecule has 0 bridgehead atoms. The predicted molar refractivity (Wildman–Crippen MR) is 59.8 cm³/mol. The second-order valence-corrected chi connectivity index (χ2v) is 3.85. The molecule has 0 aliphatic carbocycles. The van der Waals surface area contributed by atoms with Crippen LogP contribution >= 0.6 is 0 Å². The molecule has 1 atom stereocenters. The fourth-order valence-electron chi connectivity index (χ4n) is 1.70. The number of nitrogens with zero attached hydrogens (tertiary/aromatic N) is 4. The first-order valence-corrected chi connectivity index (χ1v) is 5.39. The maximum absolute atomic E-state index is 10.1. The highest BCUT2D eigenvalue weighted by atomic mass is 16.3. The van der Waals surface area contributed by atoms with Crippen LogP contribution in [0.2, 0.25) is 0 Å². The Kier molecular flexibility index (Phi) is 3.05. The van der Waals surface area contributed by atoms with E-state index in [1.54, 1.807) is 18.7 Å². The Hall–Kier alpha value is -1.62. The van der Waals surface area contributed by atoms with Gasteiger partial charge in [0.2, 0.25) is 0 Å². The number of aliphatic hydroxyl groups excluding tert-OH is 1. The molecule has 0 saturated carbocycles. The first-order valence-electron chi connectivity index (χ1n) is 5.39. The molecular formula is C11H16N4O. The van der Waals surface area contributed by atoms with Crippen LogP contribution in [0.15, 0.2) is 24.9 Å². The van der Waals surface area contributed by atoms with Crippen molar-refractivity contribution >= 4 is 0 Å². The molecule has 86 valence electrons. The maximum atomic E-state index is 10.1. The van der Waals surface area contributed by atoms with E-state index in [4.69, 9.17) is 0 Å². The van der Waals surface area contributed by atoms with Crippen molar-refractivity contribution in [3.8, 4) is 0 Å². The van der Waals surface area contributed by atoms with Crippen molar-refractivity contribution in [2.75, 3.05) is 0 Å². The molecule has 16 heavy (non-hydrogen) atoms. The highest BCUT2D eigenvalue weighted by molar-refractivity contribution is 5.12. The Morgan fingerprint density at radius 3 is 2.88 bits per heavy atom. The summed E-state index contributed by atoms with van der Waals surface area (Å²) in [4.78, 5) is 8.32. The first kappa shape index (κ1) is 10.9. The Morgan fingerprint density at radius 1 is 1.44 bits per heavy atom. The fraction of sp³-hybridized carbons (Fsp3) is 0.455. The number of aryl methyl sites for hydroxylation is 2. The molecule has 0 aliphatic heterocycles. The summed E-state index contributed by atoms with van der Waals surface area (Å²) in [7, 11) is 1.88. The Balaban J connectivity index is 2.26. The summed E-state index contributed by atoms with van der Waals surface area (Å²) in [5, 5.41) is 10.1. The summed E-state index contributed by atoms with van der Waals surface area (Å²) >= 11 is 0. The van der Waals surface area contributed by atoms with Gasteiger partial charge < -0.3 is 14.2 Å². The molecule has 0 amide bonds. The van der Waals surface area contributed by atoms with E-state index in [0.717, 1.165) is 13.0 Å². The van der Waals surface area contributed by atoms with Crippen LogP contribution in [0.1, 0.15) is 31.0 Å². The van der Waals surface area contributed by atoms with Gasteiger partial charge in [-0.25, -0.2) is 9.97 Å². The molecular weight excluding hydrogens is 204 g/mol. The molecule has 0 saturated heterocycles. The number of aliphatic hydroxyl groups is 1. The van der Waals surface area contributed by atoms with Crippen LogP contribution in [-0.2, 0) is 13.6 Å².